The van der Waals surface area contributed by atoms with Gasteiger partial charge >= 0.3 is 5.97 Å². The van der Waals surface area contributed by atoms with Gasteiger partial charge in [-0.1, -0.05) is 6.92 Å². The van der Waals surface area contributed by atoms with E-state index in [0.29, 0.717) is 0 Å². The molecule has 0 radical (unpaired) electrons. The molecule has 1 atom stereocenters. The molecule has 0 rings (SSSR count). The minimum absolute atomic E-state index is 0.0902. The number of aliphatic hydroxyl groups excluding tert-OH is 1. The summed E-state index contributed by atoms with van der Waals surface area (Å²) >= 11 is 0. The van der Waals surface area contributed by atoms with Crippen LogP contribution in [0.25, 0.3) is 0 Å². The third-order valence-electron chi connectivity index (χ3n) is 2.00. The SMILES string of the molecule is CCC(N)(N)C(O)C(O)(O)C(O)(O)O. The molecule has 0 bridgehead atoms. The molecule has 0 aromatic heterocycles. The van der Waals surface area contributed by atoms with Crippen LogP contribution in [0, 0.1) is 0 Å². The van der Waals surface area contributed by atoms with Crippen molar-refractivity contribution in [2.75, 3.05) is 0 Å². The van der Waals surface area contributed by atoms with E-state index < -0.39 is 23.5 Å². The molecule has 10 N–H and O–H groups in total. The van der Waals surface area contributed by atoms with Crippen LogP contribution < -0.4 is 11.5 Å². The second-order valence-electron chi connectivity index (χ2n) is 3.23. The van der Waals surface area contributed by atoms with Crippen molar-refractivity contribution in [3.63, 3.8) is 0 Å². The Hall–Kier alpha value is -0.320. The fourth-order valence-electron chi connectivity index (χ4n) is 0.751. The molecule has 1 unspecified atom stereocenters. The van der Waals surface area contributed by atoms with E-state index in [1.54, 1.807) is 0 Å². The summed E-state index contributed by atoms with van der Waals surface area (Å²) in [6, 6.07) is 0. The highest BCUT2D eigenvalue weighted by atomic mass is 16.7. The van der Waals surface area contributed by atoms with E-state index in [1.807, 2.05) is 0 Å². The molecule has 0 fully saturated rings. The maximum atomic E-state index is 9.21. The standard InChI is InChI=1S/C6H16N2O6/c1-2-4(7,8)3(9)5(10,11)6(12,13)14/h3,9-14H,2,7-8H2,1H3. The molecule has 0 aromatic carbocycles. The van der Waals surface area contributed by atoms with Crippen molar-refractivity contribution in [1.29, 1.82) is 0 Å². The van der Waals surface area contributed by atoms with Gasteiger partial charge in [-0.15, -0.1) is 0 Å². The van der Waals surface area contributed by atoms with E-state index >= 15 is 0 Å². The van der Waals surface area contributed by atoms with E-state index in [4.69, 9.17) is 37.0 Å². The first-order valence-corrected chi connectivity index (χ1v) is 3.84. The van der Waals surface area contributed by atoms with Crippen molar-refractivity contribution in [2.45, 2.75) is 36.9 Å². The van der Waals surface area contributed by atoms with Crippen molar-refractivity contribution in [1.82, 2.24) is 0 Å². The summed E-state index contributed by atoms with van der Waals surface area (Å²) in [5, 5.41) is 52.7. The predicted octanol–water partition coefficient (Wildman–Crippen LogP) is -4.32. The van der Waals surface area contributed by atoms with Crippen molar-refractivity contribution < 1.29 is 30.6 Å². The molecule has 0 aliphatic carbocycles. The highest BCUT2D eigenvalue weighted by molar-refractivity contribution is 4.95. The Morgan fingerprint density at radius 2 is 1.43 bits per heavy atom. The maximum absolute atomic E-state index is 9.21. The van der Waals surface area contributed by atoms with E-state index in [0.717, 1.165) is 0 Å². The van der Waals surface area contributed by atoms with Crippen LogP contribution in [0.3, 0.4) is 0 Å². The predicted molar refractivity (Wildman–Crippen MR) is 44.0 cm³/mol. The Kier molecular flexibility index (Phi) is 3.60. The normalized spacial score (nSPS) is 16.9. The zero-order valence-electron chi connectivity index (χ0n) is 7.62. The van der Waals surface area contributed by atoms with Gasteiger partial charge in [0.2, 0.25) is 0 Å². The molecule has 8 nitrogen and oxygen atoms in total. The molecule has 8 heteroatoms. The van der Waals surface area contributed by atoms with Crippen LogP contribution in [0.4, 0.5) is 0 Å². The molecule has 0 amide bonds. The summed E-state index contributed by atoms with van der Waals surface area (Å²) in [7, 11) is 0. The van der Waals surface area contributed by atoms with Crippen LogP contribution in [-0.2, 0) is 0 Å². The minimum Gasteiger partial charge on any atom is -0.384 e. The van der Waals surface area contributed by atoms with Gasteiger partial charge in [-0.3, -0.25) is 0 Å². The smallest absolute Gasteiger partial charge is 0.335 e. The molecule has 0 aromatic rings. The van der Waals surface area contributed by atoms with E-state index in [-0.39, 0.29) is 6.42 Å². The van der Waals surface area contributed by atoms with Gasteiger partial charge in [0.05, 0.1) is 5.66 Å². The summed E-state index contributed by atoms with van der Waals surface area (Å²) in [6.07, 6.45) is -2.44. The largest absolute Gasteiger partial charge is 0.384 e. The van der Waals surface area contributed by atoms with Gasteiger partial charge < -0.3 is 42.1 Å². The van der Waals surface area contributed by atoms with Gasteiger partial charge in [0.1, 0.15) is 6.10 Å². The van der Waals surface area contributed by atoms with Crippen molar-refractivity contribution >= 4 is 0 Å². The first kappa shape index (κ1) is 13.7. The number of rotatable bonds is 4. The highest BCUT2D eigenvalue weighted by Gasteiger charge is 2.57. The highest BCUT2D eigenvalue weighted by Crippen LogP contribution is 2.24. The Morgan fingerprint density at radius 3 is 1.64 bits per heavy atom. The van der Waals surface area contributed by atoms with Crippen molar-refractivity contribution in [3.8, 4) is 0 Å². The number of nitrogens with two attached hydrogens (primary N) is 2. The average Bonchev–Trinajstić information content (AvgIpc) is 2.01. The van der Waals surface area contributed by atoms with Crippen molar-refractivity contribution in [2.24, 2.45) is 11.5 Å². The summed E-state index contributed by atoms with van der Waals surface area (Å²) in [4.78, 5) is 0. The van der Waals surface area contributed by atoms with Crippen LogP contribution in [-0.4, -0.2) is 54.2 Å². The first-order valence-electron chi connectivity index (χ1n) is 3.84. The van der Waals surface area contributed by atoms with Crippen LogP contribution in [0.1, 0.15) is 13.3 Å². The van der Waals surface area contributed by atoms with Gasteiger partial charge in [0.15, 0.2) is 0 Å². The van der Waals surface area contributed by atoms with Crippen LogP contribution in [0.5, 0.6) is 0 Å². The average molecular weight is 212 g/mol. The van der Waals surface area contributed by atoms with Gasteiger partial charge in [-0.25, -0.2) is 0 Å². The lowest BCUT2D eigenvalue weighted by Crippen LogP contribution is -2.73. The summed E-state index contributed by atoms with van der Waals surface area (Å²) in [5.41, 5.74) is 8.45. The summed E-state index contributed by atoms with van der Waals surface area (Å²) < 4.78 is 0. The Labute approximate surface area is 80.0 Å². The Morgan fingerprint density at radius 1 is 1.07 bits per heavy atom. The molecular formula is C6H16N2O6. The molecule has 0 spiro atoms. The zero-order chi connectivity index (χ0) is 11.8. The number of aliphatic hydroxyl groups is 6. The zero-order valence-corrected chi connectivity index (χ0v) is 7.62. The molecule has 0 heterocycles. The summed E-state index contributed by atoms with van der Waals surface area (Å²) in [5.74, 6) is -7.57. The second kappa shape index (κ2) is 3.68. The third kappa shape index (κ3) is 2.38. The molecule has 0 saturated carbocycles. The number of hydrogen-bond acceptors (Lipinski definition) is 8. The van der Waals surface area contributed by atoms with Gasteiger partial charge in [-0.2, -0.15) is 0 Å². The molecule has 14 heavy (non-hydrogen) atoms. The van der Waals surface area contributed by atoms with Crippen molar-refractivity contribution in [3.05, 3.63) is 0 Å². The lowest BCUT2D eigenvalue weighted by atomic mass is 9.93. The van der Waals surface area contributed by atoms with Gasteiger partial charge in [-0.05, 0) is 6.42 Å². The molecule has 0 aliphatic rings. The molecular weight excluding hydrogens is 196 g/mol. The van der Waals surface area contributed by atoms with Gasteiger partial charge in [0, 0.05) is 0 Å². The quantitative estimate of drug-likeness (QED) is 0.216. The van der Waals surface area contributed by atoms with E-state index in [9.17, 15) is 5.11 Å². The fourth-order valence-corrected chi connectivity index (χ4v) is 0.751. The second-order valence-corrected chi connectivity index (χ2v) is 3.23. The van der Waals surface area contributed by atoms with Crippen LogP contribution in [0.2, 0.25) is 0 Å². The van der Waals surface area contributed by atoms with Crippen LogP contribution >= 0.6 is 0 Å². The minimum atomic E-state index is -3.93. The lowest BCUT2D eigenvalue weighted by Gasteiger charge is -2.40. The summed E-state index contributed by atoms with van der Waals surface area (Å²) in [6.45, 7) is 1.42. The van der Waals surface area contributed by atoms with E-state index in [1.165, 1.54) is 6.92 Å². The lowest BCUT2D eigenvalue weighted by molar-refractivity contribution is -0.467. The monoisotopic (exact) mass is 212 g/mol. The maximum Gasteiger partial charge on any atom is 0.335 e. The fraction of sp³-hybridized carbons (Fsp3) is 1.00. The third-order valence-corrected chi connectivity index (χ3v) is 2.00. The Balaban J connectivity index is 4.94. The molecule has 0 aliphatic heterocycles. The molecule has 86 valence electrons. The van der Waals surface area contributed by atoms with Gasteiger partial charge in [0.25, 0.3) is 5.79 Å². The topological polar surface area (TPSA) is 173 Å². The molecule has 0 saturated heterocycles. The van der Waals surface area contributed by atoms with Crippen LogP contribution in [0.15, 0.2) is 0 Å². The number of hydrogen-bond donors (Lipinski definition) is 8. The van der Waals surface area contributed by atoms with E-state index in [2.05, 4.69) is 0 Å². The Bertz CT molecular complexity index is 199. The first-order chi connectivity index (χ1) is 5.97.